The summed E-state index contributed by atoms with van der Waals surface area (Å²) in [6, 6.07) is -0.942. The molecule has 2 fully saturated rings. The summed E-state index contributed by atoms with van der Waals surface area (Å²) in [4.78, 5) is 13.3. The minimum absolute atomic E-state index is 0.251. The summed E-state index contributed by atoms with van der Waals surface area (Å²) in [7, 11) is 0. The van der Waals surface area contributed by atoms with Gasteiger partial charge in [-0.3, -0.25) is 4.79 Å². The van der Waals surface area contributed by atoms with Crippen LogP contribution in [-0.4, -0.2) is 140 Å². The van der Waals surface area contributed by atoms with Gasteiger partial charge >= 0.3 is 0 Å². The molecule has 9 N–H and O–H groups in total. The normalized spacial score (nSPS) is 23.1. The Morgan fingerprint density at radius 3 is 1.14 bits per heavy atom. The maximum Gasteiger partial charge on any atom is 0.220 e. The fourth-order valence-corrected chi connectivity index (χ4v) is 12.4. The Morgan fingerprint density at radius 2 is 0.736 bits per heavy atom. The number of carbonyl (C=O) groups excluding carboxylic acids is 1. The predicted octanol–water partition coefficient (Wildman–Crippen LogP) is 16.4. The molecular weight excluding hydrogens is 1150 g/mol. The fourth-order valence-electron chi connectivity index (χ4n) is 12.4. The van der Waals surface area contributed by atoms with Crippen LogP contribution in [0.1, 0.15) is 328 Å². The third-order valence-corrected chi connectivity index (χ3v) is 18.4. The molecule has 0 bridgehead atoms. The molecule has 0 aliphatic carbocycles. The molecule has 91 heavy (non-hydrogen) atoms. The van der Waals surface area contributed by atoms with E-state index in [0.29, 0.717) is 12.8 Å². The molecule has 14 heteroatoms. The first-order chi connectivity index (χ1) is 44.6. The number of aliphatic hydroxyl groups excluding tert-OH is 8. The van der Waals surface area contributed by atoms with Crippen LogP contribution < -0.4 is 5.32 Å². The van der Waals surface area contributed by atoms with E-state index in [4.69, 9.17) is 18.9 Å². The molecule has 0 aromatic rings. The predicted molar refractivity (Wildman–Crippen MR) is 374 cm³/mol. The number of nitrogens with one attached hydrogen (secondary N) is 1. The van der Waals surface area contributed by atoms with E-state index in [1.165, 1.54) is 244 Å². The van der Waals surface area contributed by atoms with Gasteiger partial charge < -0.3 is 65.1 Å². The maximum absolute atomic E-state index is 13.3. The second-order valence-electron chi connectivity index (χ2n) is 26.8. The van der Waals surface area contributed by atoms with Crippen molar-refractivity contribution >= 4 is 5.91 Å². The van der Waals surface area contributed by atoms with Crippen molar-refractivity contribution in [2.24, 2.45) is 0 Å². The van der Waals surface area contributed by atoms with E-state index >= 15 is 0 Å². The van der Waals surface area contributed by atoms with Gasteiger partial charge in [-0.05, 0) is 77.0 Å². The van der Waals surface area contributed by atoms with E-state index in [1.54, 1.807) is 6.08 Å². The Morgan fingerprint density at radius 1 is 0.396 bits per heavy atom. The SMILES string of the molecule is CCCCCCC/C=C\C/C=C\CCCCCCCCCCCCCCCC(=O)NC(COC1OC(CO)C(OC2OC(CO)C(O)C(O)C2O)C(O)C1O)C(O)/C=C/CC/C=C/CC/C=C/CCCCCCCCCCCCCCCCCCCCCCCC. The standard InChI is InChI=1S/C77H141NO13/c1-3-5-7-9-11-13-15-17-19-21-23-25-27-29-30-31-32-33-34-35-37-38-40-42-44-46-48-50-52-54-56-58-60-66(81)65(64-88-76-74(87)72(85)75(68(63-80)90-76)91-77-73(86)71(84)70(83)67(62-79)89-77)78-69(82)61-59-57-55-53-51-49-47-45-43-41-39-36-28-26-24-22-20-18-16-14-12-10-8-6-4-2/h16,18,22,24,42,44,50,52,58,60,65-68,70-77,79-81,83-87H,3-15,17,19-21,23,25-41,43,45-49,51,53-57,59,61-64H2,1-2H3,(H,78,82)/b18-16-,24-22-,44-42+,52-50+,60-58+. The van der Waals surface area contributed by atoms with Gasteiger partial charge in [-0.25, -0.2) is 0 Å². The summed E-state index contributed by atoms with van der Waals surface area (Å²) in [6.07, 6.45) is 65.8. The molecular formula is C77H141NO13. The zero-order valence-corrected chi connectivity index (χ0v) is 58.1. The van der Waals surface area contributed by atoms with Crippen LogP contribution in [0.4, 0.5) is 0 Å². The van der Waals surface area contributed by atoms with Gasteiger partial charge in [0, 0.05) is 6.42 Å². The average Bonchev–Trinajstić information content (AvgIpc) is 1.15. The second kappa shape index (κ2) is 61.3. The number of amides is 1. The van der Waals surface area contributed by atoms with Crippen LogP contribution in [0.25, 0.3) is 0 Å². The second-order valence-corrected chi connectivity index (χ2v) is 26.8. The summed E-state index contributed by atoms with van der Waals surface area (Å²) in [5.41, 5.74) is 0. The van der Waals surface area contributed by atoms with Crippen LogP contribution in [0.3, 0.4) is 0 Å². The largest absolute Gasteiger partial charge is 0.394 e. The zero-order chi connectivity index (χ0) is 65.9. The minimum Gasteiger partial charge on any atom is -0.394 e. The number of aliphatic hydroxyl groups is 8. The monoisotopic (exact) mass is 1290 g/mol. The smallest absolute Gasteiger partial charge is 0.220 e. The van der Waals surface area contributed by atoms with E-state index in [0.717, 1.165) is 51.4 Å². The van der Waals surface area contributed by atoms with Crippen molar-refractivity contribution in [1.29, 1.82) is 0 Å². The van der Waals surface area contributed by atoms with Crippen molar-refractivity contribution in [2.75, 3.05) is 19.8 Å². The number of hydrogen-bond donors (Lipinski definition) is 9. The van der Waals surface area contributed by atoms with Crippen molar-refractivity contribution in [3.8, 4) is 0 Å². The lowest BCUT2D eigenvalue weighted by molar-refractivity contribution is -0.359. The Hall–Kier alpha value is -2.31. The van der Waals surface area contributed by atoms with E-state index in [2.05, 4.69) is 67.8 Å². The van der Waals surface area contributed by atoms with E-state index < -0.39 is 86.8 Å². The van der Waals surface area contributed by atoms with Crippen molar-refractivity contribution in [1.82, 2.24) is 5.32 Å². The minimum atomic E-state index is -1.80. The van der Waals surface area contributed by atoms with Gasteiger partial charge in [0.1, 0.15) is 48.8 Å². The van der Waals surface area contributed by atoms with Gasteiger partial charge in [-0.15, -0.1) is 0 Å². The molecule has 0 aromatic heterocycles. The summed E-state index contributed by atoms with van der Waals surface area (Å²) in [5.74, 6) is -0.251. The molecule has 0 aromatic carbocycles. The van der Waals surface area contributed by atoms with Crippen LogP contribution in [0.5, 0.6) is 0 Å². The summed E-state index contributed by atoms with van der Waals surface area (Å²) < 4.78 is 22.9. The summed E-state index contributed by atoms with van der Waals surface area (Å²) in [6.45, 7) is 2.81. The Kier molecular flexibility index (Phi) is 57.1. The molecule has 0 radical (unpaired) electrons. The van der Waals surface area contributed by atoms with Gasteiger partial charge in [0.05, 0.1) is 32.0 Å². The van der Waals surface area contributed by atoms with Crippen LogP contribution in [0.15, 0.2) is 60.8 Å². The molecule has 12 unspecified atom stereocenters. The first-order valence-corrected chi connectivity index (χ1v) is 38.0. The van der Waals surface area contributed by atoms with Gasteiger partial charge in [-0.1, -0.05) is 306 Å². The van der Waals surface area contributed by atoms with E-state index in [-0.39, 0.29) is 18.9 Å². The van der Waals surface area contributed by atoms with Crippen molar-refractivity contribution in [2.45, 2.75) is 402 Å². The van der Waals surface area contributed by atoms with Gasteiger partial charge in [-0.2, -0.15) is 0 Å². The summed E-state index contributed by atoms with van der Waals surface area (Å²) in [5, 5.41) is 87.5. The number of rotatable bonds is 63. The number of allylic oxidation sites excluding steroid dienone is 9. The molecule has 14 nitrogen and oxygen atoms in total. The van der Waals surface area contributed by atoms with Crippen LogP contribution >= 0.6 is 0 Å². The Bertz CT molecular complexity index is 1760. The topological polar surface area (TPSA) is 228 Å². The molecule has 12 atom stereocenters. The lowest BCUT2D eigenvalue weighted by Gasteiger charge is -2.46. The molecule has 2 heterocycles. The van der Waals surface area contributed by atoms with E-state index in [1.807, 2.05) is 6.08 Å². The van der Waals surface area contributed by atoms with Gasteiger partial charge in [0.2, 0.25) is 5.91 Å². The van der Waals surface area contributed by atoms with Gasteiger partial charge in [0.25, 0.3) is 0 Å². The van der Waals surface area contributed by atoms with Crippen LogP contribution in [0, 0.1) is 0 Å². The molecule has 2 rings (SSSR count). The average molecular weight is 1290 g/mol. The lowest BCUT2D eigenvalue weighted by atomic mass is 9.97. The van der Waals surface area contributed by atoms with Crippen LogP contribution in [0.2, 0.25) is 0 Å². The third-order valence-electron chi connectivity index (χ3n) is 18.4. The number of carbonyl (C=O) groups is 1. The highest BCUT2D eigenvalue weighted by molar-refractivity contribution is 5.76. The molecule has 532 valence electrons. The number of unbranched alkanes of at least 4 members (excludes halogenated alkanes) is 42. The Balaban J connectivity index is 1.67. The lowest BCUT2D eigenvalue weighted by Crippen LogP contribution is -2.65. The molecule has 2 aliphatic heterocycles. The molecule has 0 saturated carbocycles. The molecule has 2 saturated heterocycles. The van der Waals surface area contributed by atoms with Crippen molar-refractivity contribution in [3.05, 3.63) is 60.8 Å². The molecule has 1 amide bonds. The first kappa shape index (κ1) is 84.8. The number of hydrogen-bond acceptors (Lipinski definition) is 13. The van der Waals surface area contributed by atoms with E-state index in [9.17, 15) is 45.6 Å². The van der Waals surface area contributed by atoms with Crippen LogP contribution in [-0.2, 0) is 23.7 Å². The Labute approximate surface area is 556 Å². The first-order valence-electron chi connectivity index (χ1n) is 38.0. The van der Waals surface area contributed by atoms with Crippen molar-refractivity contribution in [3.63, 3.8) is 0 Å². The summed E-state index contributed by atoms with van der Waals surface area (Å²) >= 11 is 0. The highest BCUT2D eigenvalue weighted by atomic mass is 16.7. The molecule has 0 spiro atoms. The quantitative estimate of drug-likeness (QED) is 0.0204. The van der Waals surface area contributed by atoms with Crippen molar-refractivity contribution < 1.29 is 64.6 Å². The molecule has 2 aliphatic rings. The highest BCUT2D eigenvalue weighted by Crippen LogP contribution is 2.30. The third kappa shape index (κ3) is 44.9. The number of ether oxygens (including phenoxy) is 4. The highest BCUT2D eigenvalue weighted by Gasteiger charge is 2.51. The maximum atomic E-state index is 13.3. The van der Waals surface area contributed by atoms with Gasteiger partial charge in [0.15, 0.2) is 12.6 Å². The fraction of sp³-hybridized carbons (Fsp3) is 0.857. The zero-order valence-electron chi connectivity index (χ0n) is 58.1.